The molecule has 0 aliphatic carbocycles. The third-order valence-corrected chi connectivity index (χ3v) is 1.66. The van der Waals surface area contributed by atoms with Gasteiger partial charge in [-0.25, -0.2) is 0 Å². The summed E-state index contributed by atoms with van der Waals surface area (Å²) in [4.78, 5) is 0. The fraction of sp³-hybridized carbons (Fsp3) is 1.00. The van der Waals surface area contributed by atoms with E-state index in [-0.39, 0.29) is 27.7 Å². The first-order chi connectivity index (χ1) is 4.83. The molecular formula is C8H20HgS2. The van der Waals surface area contributed by atoms with Gasteiger partial charge in [0, 0.05) is 27.7 Å². The maximum atomic E-state index is 4.00. The average molecular weight is 381 g/mol. The van der Waals surface area contributed by atoms with Crippen molar-refractivity contribution in [2.24, 2.45) is 0 Å². The first-order valence-corrected chi connectivity index (χ1v) is 5.31. The van der Waals surface area contributed by atoms with Crippen molar-refractivity contribution in [2.45, 2.75) is 39.5 Å². The molecule has 0 atom stereocenters. The van der Waals surface area contributed by atoms with E-state index >= 15 is 0 Å². The molecule has 0 aromatic carbocycles. The normalized spacial score (nSPS) is 7.64. The maximum Gasteiger partial charge on any atom is 0 e. The van der Waals surface area contributed by atoms with Gasteiger partial charge in [0.1, 0.15) is 0 Å². The SMILES string of the molecule is CCCCS.CCCCS.[Hg]. The second kappa shape index (κ2) is 22.6. The Hall–Kier alpha value is 1.64. The minimum Gasteiger partial charge on any atom is -0.179 e. The Morgan fingerprint density at radius 3 is 1.09 bits per heavy atom. The van der Waals surface area contributed by atoms with Gasteiger partial charge in [-0.05, 0) is 24.3 Å². The van der Waals surface area contributed by atoms with Crippen molar-refractivity contribution in [1.29, 1.82) is 0 Å². The van der Waals surface area contributed by atoms with E-state index in [0.717, 1.165) is 11.5 Å². The first kappa shape index (κ1) is 18.4. The molecule has 0 aliphatic rings. The van der Waals surface area contributed by atoms with E-state index in [1.54, 1.807) is 0 Å². The van der Waals surface area contributed by atoms with Crippen LogP contribution < -0.4 is 0 Å². The van der Waals surface area contributed by atoms with Crippen molar-refractivity contribution >= 4 is 25.3 Å². The van der Waals surface area contributed by atoms with E-state index < -0.39 is 0 Å². The van der Waals surface area contributed by atoms with Crippen LogP contribution in [0.5, 0.6) is 0 Å². The molecule has 0 aromatic rings. The second-order valence-electron chi connectivity index (χ2n) is 2.15. The molecule has 0 aliphatic heterocycles. The minimum atomic E-state index is 0. The van der Waals surface area contributed by atoms with Crippen molar-refractivity contribution in [3.8, 4) is 0 Å². The van der Waals surface area contributed by atoms with Crippen LogP contribution in [0.25, 0.3) is 0 Å². The predicted octanol–water partition coefficient (Wildman–Crippen LogP) is 3.43. The number of hydrogen-bond donors (Lipinski definition) is 2. The van der Waals surface area contributed by atoms with Crippen molar-refractivity contribution in [3.05, 3.63) is 0 Å². The van der Waals surface area contributed by atoms with E-state index in [4.69, 9.17) is 0 Å². The maximum absolute atomic E-state index is 4.00. The number of hydrogen-bond acceptors (Lipinski definition) is 2. The van der Waals surface area contributed by atoms with Crippen LogP contribution in [0.4, 0.5) is 0 Å². The van der Waals surface area contributed by atoms with Gasteiger partial charge < -0.3 is 0 Å². The standard InChI is InChI=1S/2C4H10S.Hg/c2*1-2-3-4-5;/h2*5H,2-4H2,1H3;. The molecule has 0 saturated heterocycles. The zero-order chi connectivity index (χ0) is 8.24. The molecule has 11 heavy (non-hydrogen) atoms. The Balaban J connectivity index is -0.000000107. The van der Waals surface area contributed by atoms with Crippen LogP contribution in [0.15, 0.2) is 0 Å². The summed E-state index contributed by atoms with van der Waals surface area (Å²) in [5.74, 6) is 2.08. The Morgan fingerprint density at radius 1 is 0.818 bits per heavy atom. The molecule has 0 radical (unpaired) electrons. The van der Waals surface area contributed by atoms with Gasteiger partial charge in [0.15, 0.2) is 0 Å². The molecule has 0 bridgehead atoms. The zero-order valence-electron chi connectivity index (χ0n) is 7.84. The molecule has 0 rings (SSSR count). The summed E-state index contributed by atoms with van der Waals surface area (Å²) >= 11 is 8.00. The summed E-state index contributed by atoms with van der Waals surface area (Å²) < 4.78 is 0. The molecule has 0 spiro atoms. The summed E-state index contributed by atoms with van der Waals surface area (Å²) in [6.45, 7) is 4.33. The first-order valence-electron chi connectivity index (χ1n) is 4.05. The van der Waals surface area contributed by atoms with Crippen molar-refractivity contribution in [2.75, 3.05) is 11.5 Å². The van der Waals surface area contributed by atoms with Gasteiger partial charge in [-0.2, -0.15) is 25.3 Å². The fourth-order valence-corrected chi connectivity index (χ4v) is 0.949. The fourth-order valence-electron chi connectivity index (χ4n) is 0.316. The largest absolute Gasteiger partial charge is 0.179 e. The van der Waals surface area contributed by atoms with Crippen molar-refractivity contribution < 1.29 is 27.7 Å². The third kappa shape index (κ3) is 34.0. The Bertz CT molecular complexity index is 33.1. The third-order valence-electron chi connectivity index (χ3n) is 1.02. The molecule has 0 fully saturated rings. The molecule has 0 unspecified atom stereocenters. The van der Waals surface area contributed by atoms with Gasteiger partial charge in [0.25, 0.3) is 0 Å². The molecule has 3 heteroatoms. The monoisotopic (exact) mass is 382 g/mol. The second-order valence-corrected chi connectivity index (χ2v) is 3.05. The topological polar surface area (TPSA) is 0 Å². The molecular weight excluding hydrogens is 361 g/mol. The summed E-state index contributed by atoms with van der Waals surface area (Å²) in [5, 5.41) is 0. The van der Waals surface area contributed by atoms with E-state index in [1.807, 2.05) is 0 Å². The van der Waals surface area contributed by atoms with Gasteiger partial charge in [0.2, 0.25) is 0 Å². The van der Waals surface area contributed by atoms with E-state index in [2.05, 4.69) is 39.1 Å². The summed E-state index contributed by atoms with van der Waals surface area (Å²) in [5.41, 5.74) is 0. The van der Waals surface area contributed by atoms with E-state index in [0.29, 0.717) is 0 Å². The quantitative estimate of drug-likeness (QED) is 0.542. The average Bonchev–Trinajstić information content (AvgIpc) is 1.93. The minimum absolute atomic E-state index is 0. The van der Waals surface area contributed by atoms with Crippen LogP contribution in [0.3, 0.4) is 0 Å². The van der Waals surface area contributed by atoms with Crippen LogP contribution in [0, 0.1) is 0 Å². The molecule has 66 valence electrons. The van der Waals surface area contributed by atoms with Crippen LogP contribution in [-0.4, -0.2) is 11.5 Å². The van der Waals surface area contributed by atoms with E-state index in [9.17, 15) is 0 Å². The Kier molecular flexibility index (Phi) is 37.8. The predicted molar refractivity (Wildman–Crippen MR) is 57.5 cm³/mol. The molecule has 0 N–H and O–H groups in total. The van der Waals surface area contributed by atoms with E-state index in [1.165, 1.54) is 25.7 Å². The van der Waals surface area contributed by atoms with Gasteiger partial charge in [-0.1, -0.05) is 26.7 Å². The van der Waals surface area contributed by atoms with Gasteiger partial charge in [0.05, 0.1) is 0 Å². The number of rotatable bonds is 4. The zero-order valence-corrected chi connectivity index (χ0v) is 15.1. The summed E-state index contributed by atoms with van der Waals surface area (Å²) in [6, 6.07) is 0. The Labute approximate surface area is 103 Å². The summed E-state index contributed by atoms with van der Waals surface area (Å²) in [7, 11) is 0. The van der Waals surface area contributed by atoms with Crippen molar-refractivity contribution in [1.82, 2.24) is 0 Å². The summed E-state index contributed by atoms with van der Waals surface area (Å²) in [6.07, 6.45) is 5.04. The molecule has 0 heterocycles. The van der Waals surface area contributed by atoms with Gasteiger partial charge >= 0.3 is 0 Å². The van der Waals surface area contributed by atoms with Crippen molar-refractivity contribution in [3.63, 3.8) is 0 Å². The van der Waals surface area contributed by atoms with Gasteiger partial charge in [-0.3, -0.25) is 0 Å². The van der Waals surface area contributed by atoms with Crippen LogP contribution in [-0.2, 0) is 27.7 Å². The smallest absolute Gasteiger partial charge is 0 e. The van der Waals surface area contributed by atoms with Crippen LogP contribution >= 0.6 is 25.3 Å². The Morgan fingerprint density at radius 2 is 1.09 bits per heavy atom. The number of unbranched alkanes of at least 4 members (excludes halogenated alkanes) is 2. The van der Waals surface area contributed by atoms with Crippen LogP contribution in [0.1, 0.15) is 39.5 Å². The van der Waals surface area contributed by atoms with Gasteiger partial charge in [-0.15, -0.1) is 0 Å². The molecule has 0 saturated carbocycles. The molecule has 0 nitrogen and oxygen atoms in total. The number of thiol groups is 2. The molecule has 0 aromatic heterocycles. The molecule has 0 amide bonds. The van der Waals surface area contributed by atoms with Crippen LogP contribution in [0.2, 0.25) is 0 Å².